The van der Waals surface area contributed by atoms with Gasteiger partial charge in [0.15, 0.2) is 12.4 Å². The van der Waals surface area contributed by atoms with Crippen LogP contribution >= 0.6 is 0 Å². The van der Waals surface area contributed by atoms with Crippen molar-refractivity contribution < 1.29 is 60.2 Å². The van der Waals surface area contributed by atoms with Gasteiger partial charge in [-0.3, -0.25) is 16.7 Å². The number of hydrogen-bond acceptors (Lipinski definition) is 14. The highest BCUT2D eigenvalue weighted by Gasteiger charge is 2.54. The molecule has 18 heteroatoms. The van der Waals surface area contributed by atoms with E-state index in [1.807, 2.05) is 0 Å². The third-order valence-electron chi connectivity index (χ3n) is 7.95. The van der Waals surface area contributed by atoms with Gasteiger partial charge in [0.25, 0.3) is 40.5 Å². The molecular weight excluding hydrogens is 761 g/mol. The fourth-order valence-corrected chi connectivity index (χ4v) is 9.20. The van der Waals surface area contributed by atoms with Crippen LogP contribution in [-0.4, -0.2) is 76.1 Å². The highest BCUT2D eigenvalue weighted by molar-refractivity contribution is 7.87. The third-order valence-corrected chi connectivity index (χ3v) is 13.2. The van der Waals surface area contributed by atoms with Crippen molar-refractivity contribution in [2.75, 3.05) is 6.61 Å². The molecule has 0 aliphatic carbocycles. The summed E-state index contributed by atoms with van der Waals surface area (Å²) < 4.78 is 135. The summed E-state index contributed by atoms with van der Waals surface area (Å²) in [4.78, 5) is -1.50. The maximum Gasteiger partial charge on any atom is 0.297 e. The van der Waals surface area contributed by atoms with E-state index >= 15 is 0 Å². The summed E-state index contributed by atoms with van der Waals surface area (Å²) in [7, 11) is -19.2. The second-order valence-corrected chi connectivity index (χ2v) is 18.4. The minimum absolute atomic E-state index is 0.278. The predicted molar refractivity (Wildman–Crippen MR) is 185 cm³/mol. The Hall–Kier alpha value is -3.56. The minimum Gasteiger partial charge on any atom is -0.366 e. The second-order valence-electron chi connectivity index (χ2n) is 12.1. The van der Waals surface area contributed by atoms with E-state index in [1.54, 1.807) is 27.7 Å². The Morgan fingerprint density at radius 2 is 0.750 bits per heavy atom. The molecule has 1 aliphatic rings. The zero-order chi connectivity index (χ0) is 38.1. The van der Waals surface area contributed by atoms with Gasteiger partial charge in [-0.25, -0.2) is 0 Å². The number of aliphatic hydroxyl groups excluding tert-OH is 1. The van der Waals surface area contributed by atoms with Gasteiger partial charge in [0.2, 0.25) is 0 Å². The maximum atomic E-state index is 13.7. The van der Waals surface area contributed by atoms with Crippen LogP contribution in [0.1, 0.15) is 22.3 Å². The largest absolute Gasteiger partial charge is 0.366 e. The van der Waals surface area contributed by atoms with Gasteiger partial charge in [-0.15, -0.1) is 0 Å². The molecule has 5 atom stereocenters. The first kappa shape index (κ1) is 39.6. The van der Waals surface area contributed by atoms with Gasteiger partial charge in [-0.2, -0.15) is 33.7 Å². The van der Waals surface area contributed by atoms with Crippen molar-refractivity contribution in [1.29, 1.82) is 0 Å². The van der Waals surface area contributed by atoms with Crippen LogP contribution in [0.4, 0.5) is 0 Å². The number of aryl methyl sites for hydroxylation is 4. The maximum absolute atomic E-state index is 13.7. The molecule has 0 radical (unpaired) electrons. The van der Waals surface area contributed by atoms with E-state index in [9.17, 15) is 38.8 Å². The third kappa shape index (κ3) is 9.32. The van der Waals surface area contributed by atoms with Crippen molar-refractivity contribution in [1.82, 2.24) is 0 Å². The van der Waals surface area contributed by atoms with Gasteiger partial charge in [-0.05, 0) is 76.2 Å². The quantitative estimate of drug-likeness (QED) is 0.192. The van der Waals surface area contributed by atoms with Crippen LogP contribution in [0.2, 0.25) is 0 Å². The number of benzene rings is 4. The van der Waals surface area contributed by atoms with Crippen LogP contribution in [-0.2, 0) is 61.9 Å². The zero-order valence-corrected chi connectivity index (χ0v) is 31.5. The molecule has 1 heterocycles. The Kier molecular flexibility index (Phi) is 11.8. The van der Waals surface area contributed by atoms with E-state index in [1.165, 1.54) is 97.1 Å². The first-order valence-corrected chi connectivity index (χ1v) is 21.2. The lowest BCUT2D eigenvalue weighted by Gasteiger charge is -2.42. The minimum atomic E-state index is -4.91. The summed E-state index contributed by atoms with van der Waals surface area (Å²) >= 11 is 0. The van der Waals surface area contributed by atoms with Crippen molar-refractivity contribution in [2.45, 2.75) is 78.0 Å². The molecule has 1 saturated heterocycles. The molecule has 0 spiro atoms. The first-order chi connectivity index (χ1) is 24.3. The molecule has 1 aliphatic heterocycles. The molecule has 4 aromatic rings. The molecule has 0 saturated carbocycles. The number of ether oxygens (including phenoxy) is 1. The summed E-state index contributed by atoms with van der Waals surface area (Å²) in [6.45, 7) is 5.77. The van der Waals surface area contributed by atoms with Gasteiger partial charge in [0.1, 0.15) is 18.3 Å². The normalized spacial score (nSPS) is 21.5. The van der Waals surface area contributed by atoms with Crippen molar-refractivity contribution in [3.63, 3.8) is 0 Å². The summed E-state index contributed by atoms with van der Waals surface area (Å²) in [5, 5.41) is 11.2. The molecule has 280 valence electrons. The van der Waals surface area contributed by atoms with Crippen LogP contribution in [0.5, 0.6) is 0 Å². The van der Waals surface area contributed by atoms with E-state index in [0.29, 0.717) is 16.7 Å². The Morgan fingerprint density at radius 1 is 0.462 bits per heavy atom. The first-order valence-electron chi connectivity index (χ1n) is 15.6. The van der Waals surface area contributed by atoms with Crippen molar-refractivity contribution in [3.8, 4) is 0 Å². The molecule has 0 aromatic heterocycles. The topological polar surface area (TPSA) is 203 Å². The Morgan fingerprint density at radius 3 is 1.10 bits per heavy atom. The van der Waals surface area contributed by atoms with E-state index < -0.39 is 92.5 Å². The number of aliphatic hydroxyl groups is 1. The average Bonchev–Trinajstić information content (AvgIpc) is 3.07. The van der Waals surface area contributed by atoms with Gasteiger partial charge < -0.3 is 9.84 Å². The van der Waals surface area contributed by atoms with Gasteiger partial charge in [0, 0.05) is 0 Å². The lowest BCUT2D eigenvalue weighted by atomic mass is 9.99. The van der Waals surface area contributed by atoms with Crippen molar-refractivity contribution in [2.24, 2.45) is 0 Å². The fourth-order valence-electron chi connectivity index (χ4n) is 5.01. The summed E-state index contributed by atoms with van der Waals surface area (Å²) in [6, 6.07) is 21.4. The lowest BCUT2D eigenvalue weighted by molar-refractivity contribution is -0.268. The van der Waals surface area contributed by atoms with Crippen LogP contribution in [0.3, 0.4) is 0 Å². The SMILES string of the molecule is Cc1ccc(S(=O)(=O)OC[C@H]2O[C@@H](O)[C@H](OS(=O)(=O)c3ccc(C)cc3)[C@@H](OS(=O)(=O)c3ccc(C)cc3)[C@@H]2OS(=O)(=O)c2ccc(C)cc2)cc1. The molecule has 1 N–H and O–H groups in total. The summed E-state index contributed by atoms with van der Waals surface area (Å²) in [5.74, 6) is 0. The molecule has 0 bridgehead atoms. The molecule has 4 aromatic carbocycles. The average molecular weight is 797 g/mol. The zero-order valence-electron chi connectivity index (χ0n) is 28.2. The van der Waals surface area contributed by atoms with Gasteiger partial charge in [0.05, 0.1) is 26.2 Å². The smallest absolute Gasteiger partial charge is 0.297 e. The molecule has 14 nitrogen and oxygen atoms in total. The molecule has 5 rings (SSSR count). The van der Waals surface area contributed by atoms with Gasteiger partial charge >= 0.3 is 0 Å². The van der Waals surface area contributed by atoms with Crippen LogP contribution in [0.25, 0.3) is 0 Å². The second kappa shape index (κ2) is 15.4. The number of hydrogen-bond donors (Lipinski definition) is 1. The Labute approximate surface area is 303 Å². The monoisotopic (exact) mass is 796 g/mol. The highest BCUT2D eigenvalue weighted by atomic mass is 32.2. The highest BCUT2D eigenvalue weighted by Crippen LogP contribution is 2.34. The molecule has 0 unspecified atom stereocenters. The molecule has 0 amide bonds. The van der Waals surface area contributed by atoms with Crippen molar-refractivity contribution in [3.05, 3.63) is 119 Å². The van der Waals surface area contributed by atoms with Crippen LogP contribution in [0.15, 0.2) is 117 Å². The van der Waals surface area contributed by atoms with E-state index in [-0.39, 0.29) is 4.90 Å². The molecule has 1 fully saturated rings. The van der Waals surface area contributed by atoms with Crippen molar-refractivity contribution >= 4 is 40.5 Å². The predicted octanol–water partition coefficient (Wildman–Crippen LogP) is 3.67. The number of rotatable bonds is 13. The summed E-state index contributed by atoms with van der Waals surface area (Å²) in [5.41, 5.74) is 2.82. The van der Waals surface area contributed by atoms with E-state index in [0.717, 1.165) is 5.56 Å². The lowest BCUT2D eigenvalue weighted by Crippen LogP contribution is -2.62. The standard InChI is InChI=1S/C34H36O14S4/c1-22-5-13-26(14-6-22)49(36,37)44-21-30-31(46-50(38,39)27-15-7-23(2)8-16-27)32(47-51(40,41)28-17-9-24(3)10-18-28)33(34(35)45-30)48-52(42,43)29-19-11-25(4)12-20-29/h5-20,30-35H,21H2,1-4H3/t30-,31-,32+,33-,34-/m1/s1. The molecule has 52 heavy (non-hydrogen) atoms. The Balaban J connectivity index is 1.61. The summed E-state index contributed by atoms with van der Waals surface area (Å²) in [6.07, 6.45) is -11.1. The van der Waals surface area contributed by atoms with Crippen LogP contribution < -0.4 is 0 Å². The Bertz CT molecular complexity index is 2310. The fraction of sp³-hybridized carbons (Fsp3) is 0.294. The molecular formula is C34H36O14S4. The van der Waals surface area contributed by atoms with E-state index in [2.05, 4.69) is 0 Å². The van der Waals surface area contributed by atoms with Crippen LogP contribution in [0, 0.1) is 27.7 Å². The van der Waals surface area contributed by atoms with E-state index in [4.69, 9.17) is 21.5 Å². The van der Waals surface area contributed by atoms with Gasteiger partial charge in [-0.1, -0.05) is 70.8 Å².